The van der Waals surface area contributed by atoms with Crippen molar-refractivity contribution in [1.82, 2.24) is 0 Å². The summed E-state index contributed by atoms with van der Waals surface area (Å²) in [5.74, 6) is 0.658. The lowest BCUT2D eigenvalue weighted by Gasteiger charge is -2.09. The first kappa shape index (κ1) is 14.0. The van der Waals surface area contributed by atoms with Crippen LogP contribution in [0.2, 0.25) is 0 Å². The normalized spacial score (nSPS) is 10.6. The number of benzene rings is 2. The predicted molar refractivity (Wildman–Crippen MR) is 84.2 cm³/mol. The third-order valence-electron chi connectivity index (χ3n) is 3.35. The number of anilines is 2. The van der Waals surface area contributed by atoms with Gasteiger partial charge in [0.25, 0.3) is 0 Å². The SMILES string of the molecule is COc1cc(Nc2cccc3cc(C(C)=O)oc23)ccc1O. The number of phenols is 1. The fourth-order valence-electron chi connectivity index (χ4n) is 2.25. The average Bonchev–Trinajstić information content (AvgIpc) is 2.94. The number of fused-ring (bicyclic) bond motifs is 1. The maximum Gasteiger partial charge on any atom is 0.194 e. The molecule has 22 heavy (non-hydrogen) atoms. The van der Waals surface area contributed by atoms with Crippen LogP contribution in [0.5, 0.6) is 11.5 Å². The Bertz CT molecular complexity index is 851. The maximum atomic E-state index is 11.4. The first-order valence-corrected chi connectivity index (χ1v) is 6.76. The highest BCUT2D eigenvalue weighted by atomic mass is 16.5. The van der Waals surface area contributed by atoms with Crippen LogP contribution in [0.3, 0.4) is 0 Å². The van der Waals surface area contributed by atoms with Crippen molar-refractivity contribution >= 4 is 28.1 Å². The van der Waals surface area contributed by atoms with Gasteiger partial charge < -0.3 is 19.6 Å². The molecule has 5 nitrogen and oxygen atoms in total. The summed E-state index contributed by atoms with van der Waals surface area (Å²) in [4.78, 5) is 11.4. The first-order valence-electron chi connectivity index (χ1n) is 6.76. The van der Waals surface area contributed by atoms with Gasteiger partial charge in [0.2, 0.25) is 0 Å². The Balaban J connectivity index is 2.01. The van der Waals surface area contributed by atoms with Crippen molar-refractivity contribution < 1.29 is 19.1 Å². The van der Waals surface area contributed by atoms with Crippen molar-refractivity contribution in [2.45, 2.75) is 6.92 Å². The molecule has 0 amide bonds. The molecule has 1 heterocycles. The molecule has 0 aliphatic heterocycles. The van der Waals surface area contributed by atoms with Crippen LogP contribution in [0.25, 0.3) is 11.0 Å². The molecular formula is C17H15NO4. The van der Waals surface area contributed by atoms with E-state index in [1.807, 2.05) is 18.2 Å². The fraction of sp³-hybridized carbons (Fsp3) is 0.118. The number of rotatable bonds is 4. The second kappa shape index (κ2) is 5.44. The van der Waals surface area contributed by atoms with Crippen molar-refractivity contribution in [3.8, 4) is 11.5 Å². The number of ether oxygens (including phenoxy) is 1. The van der Waals surface area contributed by atoms with E-state index < -0.39 is 0 Å². The zero-order valence-corrected chi connectivity index (χ0v) is 12.2. The molecular weight excluding hydrogens is 282 g/mol. The van der Waals surface area contributed by atoms with Crippen molar-refractivity contribution in [2.24, 2.45) is 0 Å². The highest BCUT2D eigenvalue weighted by Gasteiger charge is 2.12. The molecule has 0 aliphatic rings. The van der Waals surface area contributed by atoms with E-state index in [2.05, 4.69) is 5.32 Å². The van der Waals surface area contributed by atoms with E-state index in [0.717, 1.165) is 16.8 Å². The monoisotopic (exact) mass is 297 g/mol. The number of furan rings is 1. The number of Topliss-reactive ketones (excluding diaryl/α,β-unsaturated/α-hetero) is 1. The summed E-state index contributed by atoms with van der Waals surface area (Å²) in [6.45, 7) is 1.47. The number of methoxy groups -OCH3 is 1. The number of para-hydroxylation sites is 1. The minimum absolute atomic E-state index is 0.0723. The summed E-state index contributed by atoms with van der Waals surface area (Å²) in [5, 5.41) is 13.7. The second-order valence-electron chi connectivity index (χ2n) is 4.90. The molecule has 0 unspecified atom stereocenters. The van der Waals surface area contributed by atoms with E-state index >= 15 is 0 Å². The molecule has 3 rings (SSSR count). The molecule has 0 spiro atoms. The Morgan fingerprint density at radius 1 is 1.23 bits per heavy atom. The Kier molecular flexibility index (Phi) is 3.47. The largest absolute Gasteiger partial charge is 0.504 e. The van der Waals surface area contributed by atoms with E-state index in [1.165, 1.54) is 14.0 Å². The molecule has 3 aromatic rings. The van der Waals surface area contributed by atoms with Crippen LogP contribution in [0, 0.1) is 0 Å². The minimum atomic E-state index is -0.117. The molecule has 0 atom stereocenters. The number of ketones is 1. The fourth-order valence-corrected chi connectivity index (χ4v) is 2.25. The van der Waals surface area contributed by atoms with Gasteiger partial charge in [-0.3, -0.25) is 4.79 Å². The lowest BCUT2D eigenvalue weighted by Crippen LogP contribution is -1.92. The van der Waals surface area contributed by atoms with Gasteiger partial charge in [-0.2, -0.15) is 0 Å². The molecule has 2 N–H and O–H groups in total. The number of nitrogens with one attached hydrogen (secondary N) is 1. The second-order valence-corrected chi connectivity index (χ2v) is 4.90. The molecule has 0 radical (unpaired) electrons. The lowest BCUT2D eigenvalue weighted by atomic mass is 10.2. The zero-order valence-electron chi connectivity index (χ0n) is 12.2. The molecule has 1 aromatic heterocycles. The Labute approximate surface area is 127 Å². The molecule has 0 saturated heterocycles. The zero-order chi connectivity index (χ0) is 15.7. The molecule has 0 fully saturated rings. The number of aromatic hydroxyl groups is 1. The molecule has 0 aliphatic carbocycles. The summed E-state index contributed by atoms with van der Waals surface area (Å²) in [7, 11) is 1.49. The van der Waals surface area contributed by atoms with Crippen LogP contribution in [0.15, 0.2) is 46.9 Å². The van der Waals surface area contributed by atoms with Gasteiger partial charge in [0.15, 0.2) is 28.6 Å². The number of hydrogen-bond donors (Lipinski definition) is 2. The van der Waals surface area contributed by atoms with Crippen molar-refractivity contribution in [3.63, 3.8) is 0 Å². The van der Waals surface area contributed by atoms with Gasteiger partial charge in [0.1, 0.15) is 0 Å². The Hall–Kier alpha value is -2.95. The van der Waals surface area contributed by atoms with Gasteiger partial charge in [0, 0.05) is 24.1 Å². The van der Waals surface area contributed by atoms with Crippen molar-refractivity contribution in [1.29, 1.82) is 0 Å². The first-order chi connectivity index (χ1) is 10.6. The number of carbonyl (C=O) groups is 1. The van der Waals surface area contributed by atoms with Crippen LogP contribution >= 0.6 is 0 Å². The van der Waals surface area contributed by atoms with E-state index in [-0.39, 0.29) is 11.5 Å². The summed E-state index contributed by atoms with van der Waals surface area (Å²) < 4.78 is 10.7. The average molecular weight is 297 g/mol. The highest BCUT2D eigenvalue weighted by molar-refractivity contribution is 5.99. The van der Waals surface area contributed by atoms with Crippen molar-refractivity contribution in [3.05, 3.63) is 48.2 Å². The van der Waals surface area contributed by atoms with Gasteiger partial charge in [-0.1, -0.05) is 12.1 Å². The molecule has 112 valence electrons. The summed E-state index contributed by atoms with van der Waals surface area (Å²) in [5.41, 5.74) is 2.08. The van der Waals surface area contributed by atoms with Crippen LogP contribution in [-0.4, -0.2) is 18.0 Å². The van der Waals surface area contributed by atoms with Gasteiger partial charge in [-0.25, -0.2) is 0 Å². The van der Waals surface area contributed by atoms with E-state index in [0.29, 0.717) is 17.1 Å². The topological polar surface area (TPSA) is 71.7 Å². The lowest BCUT2D eigenvalue weighted by molar-refractivity contribution is 0.0989. The Morgan fingerprint density at radius 3 is 2.77 bits per heavy atom. The third kappa shape index (κ3) is 2.48. The molecule has 2 aromatic carbocycles. The third-order valence-corrected chi connectivity index (χ3v) is 3.35. The van der Waals surface area contributed by atoms with E-state index in [1.54, 1.807) is 24.3 Å². The van der Waals surface area contributed by atoms with Crippen LogP contribution in [0.1, 0.15) is 17.5 Å². The minimum Gasteiger partial charge on any atom is -0.504 e. The van der Waals surface area contributed by atoms with E-state index in [4.69, 9.17) is 9.15 Å². The number of hydrogen-bond acceptors (Lipinski definition) is 5. The predicted octanol–water partition coefficient (Wildman–Crippen LogP) is 4.09. The van der Waals surface area contributed by atoms with Crippen molar-refractivity contribution in [2.75, 3.05) is 12.4 Å². The molecule has 5 heteroatoms. The van der Waals surface area contributed by atoms with Gasteiger partial charge in [-0.15, -0.1) is 0 Å². The van der Waals surface area contributed by atoms with E-state index in [9.17, 15) is 9.90 Å². The highest BCUT2D eigenvalue weighted by Crippen LogP contribution is 2.33. The maximum absolute atomic E-state index is 11.4. The van der Waals surface area contributed by atoms with Crippen LogP contribution < -0.4 is 10.1 Å². The molecule has 0 bridgehead atoms. The number of carbonyl (C=O) groups excluding carboxylic acids is 1. The standard InChI is InChI=1S/C17H15NO4/c1-10(19)15-8-11-4-3-5-13(17(11)22-15)18-12-6-7-14(20)16(9-12)21-2/h3-9,18,20H,1-2H3. The van der Waals surface area contributed by atoms with Crippen LogP contribution in [0.4, 0.5) is 11.4 Å². The number of phenolic OH excluding ortho intramolecular Hbond substituents is 1. The summed E-state index contributed by atoms with van der Waals surface area (Å²) in [6.07, 6.45) is 0. The molecule has 0 saturated carbocycles. The van der Waals surface area contributed by atoms with Gasteiger partial charge >= 0.3 is 0 Å². The van der Waals surface area contributed by atoms with Crippen LogP contribution in [-0.2, 0) is 0 Å². The Morgan fingerprint density at radius 2 is 2.05 bits per heavy atom. The summed E-state index contributed by atoms with van der Waals surface area (Å²) in [6, 6.07) is 12.3. The van der Waals surface area contributed by atoms with Gasteiger partial charge in [0.05, 0.1) is 12.8 Å². The smallest absolute Gasteiger partial charge is 0.194 e. The summed E-state index contributed by atoms with van der Waals surface area (Å²) >= 11 is 0. The van der Waals surface area contributed by atoms with Gasteiger partial charge in [-0.05, 0) is 24.3 Å². The quantitative estimate of drug-likeness (QED) is 0.560.